The molecule has 2 aromatic heterocycles. The minimum absolute atomic E-state index is 0.176. The summed E-state index contributed by atoms with van der Waals surface area (Å²) in [6.07, 6.45) is 6.77. The first-order valence-corrected chi connectivity index (χ1v) is 13.7. The molecule has 5 rings (SSSR count). The van der Waals surface area contributed by atoms with Gasteiger partial charge in [0.15, 0.2) is 0 Å². The van der Waals surface area contributed by atoms with E-state index >= 15 is 0 Å². The molecule has 0 aliphatic carbocycles. The third kappa shape index (κ3) is 5.45. The van der Waals surface area contributed by atoms with E-state index in [1.165, 1.54) is 19.3 Å². The first-order valence-electron chi connectivity index (χ1n) is 13.7. The lowest BCUT2D eigenvalue weighted by molar-refractivity contribution is 0.304. The van der Waals surface area contributed by atoms with Crippen LogP contribution in [0.4, 0.5) is 0 Å². The quantitative estimate of drug-likeness (QED) is 0.134. The minimum Gasteiger partial charge on any atom is -0.507 e. The largest absolute Gasteiger partial charge is 0.507 e. The van der Waals surface area contributed by atoms with Gasteiger partial charge < -0.3 is 23.8 Å². The van der Waals surface area contributed by atoms with Crippen LogP contribution in [0.5, 0.6) is 17.2 Å². The van der Waals surface area contributed by atoms with E-state index in [0.29, 0.717) is 28.7 Å². The lowest BCUT2D eigenvalue weighted by Crippen LogP contribution is -2.21. The number of unbranched alkanes of at least 4 members (excludes halogenated alkanes) is 5. The summed E-state index contributed by atoms with van der Waals surface area (Å²) in [5, 5.41) is 23.3. The topological polar surface area (TPSA) is 110 Å². The van der Waals surface area contributed by atoms with Crippen molar-refractivity contribution in [3.05, 3.63) is 110 Å². The Hall–Kier alpha value is -4.52. The maximum atomic E-state index is 13.4. The zero-order chi connectivity index (χ0) is 28.1. The van der Waals surface area contributed by atoms with Crippen LogP contribution < -0.4 is 16.0 Å². The molecule has 0 unspecified atom stereocenters. The van der Waals surface area contributed by atoms with Crippen molar-refractivity contribution >= 4 is 21.9 Å². The van der Waals surface area contributed by atoms with Gasteiger partial charge in [-0.25, -0.2) is 9.59 Å². The predicted molar refractivity (Wildman–Crippen MR) is 155 cm³/mol. The van der Waals surface area contributed by atoms with Crippen LogP contribution in [-0.4, -0.2) is 16.8 Å². The molecule has 0 atom stereocenters. The third-order valence-corrected chi connectivity index (χ3v) is 7.18. The maximum absolute atomic E-state index is 13.4. The molecule has 0 fully saturated rings. The van der Waals surface area contributed by atoms with Crippen molar-refractivity contribution in [2.24, 2.45) is 0 Å². The number of rotatable bonds is 11. The summed E-state index contributed by atoms with van der Waals surface area (Å²) >= 11 is 0. The van der Waals surface area contributed by atoms with Gasteiger partial charge in [0.05, 0.1) is 34.4 Å². The van der Waals surface area contributed by atoms with Gasteiger partial charge in [0.25, 0.3) is 0 Å². The number of fused-ring (bicyclic) bond motifs is 2. The van der Waals surface area contributed by atoms with E-state index in [1.54, 1.807) is 72.8 Å². The van der Waals surface area contributed by atoms with Crippen molar-refractivity contribution in [2.75, 3.05) is 6.61 Å². The van der Waals surface area contributed by atoms with E-state index in [9.17, 15) is 19.8 Å². The van der Waals surface area contributed by atoms with Crippen LogP contribution >= 0.6 is 0 Å². The van der Waals surface area contributed by atoms with Crippen molar-refractivity contribution in [3.63, 3.8) is 0 Å². The Morgan fingerprint density at radius 1 is 0.700 bits per heavy atom. The fourth-order valence-corrected chi connectivity index (χ4v) is 5.14. The fourth-order valence-electron chi connectivity index (χ4n) is 5.14. The number of hydrogen-bond donors (Lipinski definition) is 2. The Labute approximate surface area is 231 Å². The summed E-state index contributed by atoms with van der Waals surface area (Å²) in [5.41, 5.74) is -1.14. The highest BCUT2D eigenvalue weighted by molar-refractivity contribution is 5.87. The molecular formula is C33H32O7. The highest BCUT2D eigenvalue weighted by atomic mass is 16.5. The van der Waals surface area contributed by atoms with Gasteiger partial charge in [0.2, 0.25) is 0 Å². The first kappa shape index (κ1) is 27.1. The average Bonchev–Trinajstić information content (AvgIpc) is 2.96. The summed E-state index contributed by atoms with van der Waals surface area (Å²) < 4.78 is 17.1. The highest BCUT2D eigenvalue weighted by Crippen LogP contribution is 2.42. The summed E-state index contributed by atoms with van der Waals surface area (Å²) in [5.74, 6) is -1.31. The Morgan fingerprint density at radius 2 is 1.25 bits per heavy atom. The number of benzene rings is 3. The second-order valence-corrected chi connectivity index (χ2v) is 9.92. The van der Waals surface area contributed by atoms with Gasteiger partial charge in [0, 0.05) is 0 Å². The molecule has 2 heterocycles. The second kappa shape index (κ2) is 12.1. The smallest absolute Gasteiger partial charge is 0.344 e. The molecule has 7 heteroatoms. The molecule has 0 saturated carbocycles. The van der Waals surface area contributed by atoms with Gasteiger partial charge in [-0.2, -0.15) is 0 Å². The van der Waals surface area contributed by atoms with Gasteiger partial charge in [-0.15, -0.1) is 0 Å². The molecule has 40 heavy (non-hydrogen) atoms. The normalized spacial score (nSPS) is 11.4. The number of hydrogen-bond acceptors (Lipinski definition) is 7. The molecule has 0 aliphatic heterocycles. The molecule has 3 aromatic carbocycles. The molecule has 7 nitrogen and oxygen atoms in total. The van der Waals surface area contributed by atoms with Crippen molar-refractivity contribution < 1.29 is 23.8 Å². The van der Waals surface area contributed by atoms with E-state index in [4.69, 9.17) is 13.6 Å². The molecule has 0 saturated heterocycles. The van der Waals surface area contributed by atoms with Gasteiger partial charge in [-0.3, -0.25) is 0 Å². The lowest BCUT2D eigenvalue weighted by Gasteiger charge is -2.20. The standard InChI is InChI=1S/C33H32O7/c1-2-3-4-5-6-11-19-38-22-14-12-13-21(20-22)27(28-30(34)23-15-7-9-17-25(23)39-32(28)36)29-31(35)24-16-8-10-18-26(24)40-33(29)37/h7-10,12-18,20,27,34-35H,2-6,11,19H2,1H3. The van der Waals surface area contributed by atoms with Gasteiger partial charge >= 0.3 is 11.3 Å². The van der Waals surface area contributed by atoms with Crippen LogP contribution in [0.3, 0.4) is 0 Å². The number of para-hydroxylation sites is 2. The molecule has 0 aliphatic rings. The SMILES string of the molecule is CCCCCCCCOc1cccc(C(c2c(O)c3ccccc3oc2=O)c2c(O)c3ccccc3oc2=O)c1. The van der Waals surface area contributed by atoms with Gasteiger partial charge in [-0.05, 0) is 48.4 Å². The Balaban J connectivity index is 1.61. The summed E-state index contributed by atoms with van der Waals surface area (Å²) in [7, 11) is 0. The molecule has 0 radical (unpaired) electrons. The Bertz CT molecular complexity index is 1650. The number of ether oxygens (including phenoxy) is 1. The second-order valence-electron chi connectivity index (χ2n) is 9.92. The molecular weight excluding hydrogens is 508 g/mol. The molecule has 2 N–H and O–H groups in total. The minimum atomic E-state index is -1.20. The fraction of sp³-hybridized carbons (Fsp3) is 0.273. The van der Waals surface area contributed by atoms with Gasteiger partial charge in [-0.1, -0.05) is 75.4 Å². The van der Waals surface area contributed by atoms with E-state index in [2.05, 4.69) is 6.92 Å². The zero-order valence-electron chi connectivity index (χ0n) is 22.4. The molecule has 0 amide bonds. The molecule has 5 aromatic rings. The van der Waals surface area contributed by atoms with E-state index < -0.39 is 17.2 Å². The maximum Gasteiger partial charge on any atom is 0.344 e. The van der Waals surface area contributed by atoms with Crippen LogP contribution in [0, 0.1) is 0 Å². The Morgan fingerprint density at radius 3 is 1.85 bits per heavy atom. The molecule has 0 spiro atoms. The van der Waals surface area contributed by atoms with E-state index in [-0.39, 0.29) is 33.8 Å². The van der Waals surface area contributed by atoms with E-state index in [0.717, 1.165) is 19.3 Å². The molecule has 206 valence electrons. The predicted octanol–water partition coefficient (Wildman–Crippen LogP) is 7.23. The van der Waals surface area contributed by atoms with Crippen LogP contribution in [0.25, 0.3) is 21.9 Å². The summed E-state index contributed by atoms with van der Waals surface area (Å²) in [6, 6.07) is 20.2. The van der Waals surface area contributed by atoms with Crippen molar-refractivity contribution in [3.8, 4) is 17.2 Å². The molecule has 0 bridgehead atoms. The highest BCUT2D eigenvalue weighted by Gasteiger charge is 2.32. The van der Waals surface area contributed by atoms with Crippen molar-refractivity contribution in [1.82, 2.24) is 0 Å². The van der Waals surface area contributed by atoms with Crippen molar-refractivity contribution in [1.29, 1.82) is 0 Å². The van der Waals surface area contributed by atoms with Crippen LogP contribution in [0.1, 0.15) is 68.1 Å². The zero-order valence-corrected chi connectivity index (χ0v) is 22.4. The third-order valence-electron chi connectivity index (χ3n) is 7.18. The van der Waals surface area contributed by atoms with Gasteiger partial charge in [0.1, 0.15) is 28.4 Å². The van der Waals surface area contributed by atoms with Crippen LogP contribution in [-0.2, 0) is 0 Å². The average molecular weight is 541 g/mol. The Kier molecular flexibility index (Phi) is 8.20. The number of aromatic hydroxyl groups is 2. The first-order chi connectivity index (χ1) is 19.5. The monoisotopic (exact) mass is 540 g/mol. The van der Waals surface area contributed by atoms with Crippen molar-refractivity contribution in [2.45, 2.75) is 51.4 Å². The van der Waals surface area contributed by atoms with Crippen LogP contribution in [0.2, 0.25) is 0 Å². The van der Waals surface area contributed by atoms with E-state index in [1.807, 2.05) is 0 Å². The summed E-state index contributed by atoms with van der Waals surface area (Å²) in [6.45, 7) is 2.71. The lowest BCUT2D eigenvalue weighted by atomic mass is 9.84. The van der Waals surface area contributed by atoms with Crippen LogP contribution in [0.15, 0.2) is 91.2 Å². The summed E-state index contributed by atoms with van der Waals surface area (Å²) in [4.78, 5) is 26.7.